The lowest BCUT2D eigenvalue weighted by atomic mass is 10.1. The van der Waals surface area contributed by atoms with Crippen LogP contribution in [0.2, 0.25) is 0 Å². The predicted molar refractivity (Wildman–Crippen MR) is 94.0 cm³/mol. The number of benzene rings is 2. The van der Waals surface area contributed by atoms with Crippen molar-refractivity contribution in [2.45, 2.75) is 13.0 Å². The third kappa shape index (κ3) is 2.86. The van der Waals surface area contributed by atoms with Crippen LogP contribution >= 0.6 is 0 Å². The third-order valence-electron chi connectivity index (χ3n) is 4.06. The first-order chi connectivity index (χ1) is 11.8. The Bertz CT molecular complexity index is 959. The highest BCUT2D eigenvalue weighted by molar-refractivity contribution is 5.71. The van der Waals surface area contributed by atoms with Gasteiger partial charge in [-0.2, -0.15) is 0 Å². The van der Waals surface area contributed by atoms with E-state index in [4.69, 9.17) is 4.98 Å². The van der Waals surface area contributed by atoms with E-state index < -0.39 is 0 Å². The fraction of sp³-hybridized carbons (Fsp3) is 0.100. The maximum absolute atomic E-state index is 9.47. The molecule has 0 saturated carbocycles. The Kier molecular flexibility index (Phi) is 3.71. The van der Waals surface area contributed by atoms with E-state index in [2.05, 4.69) is 21.7 Å². The first-order valence-corrected chi connectivity index (χ1v) is 7.91. The van der Waals surface area contributed by atoms with Crippen LogP contribution in [0.1, 0.15) is 17.0 Å². The van der Waals surface area contributed by atoms with Crippen LogP contribution in [0.5, 0.6) is 5.75 Å². The second-order valence-corrected chi connectivity index (χ2v) is 5.79. The van der Waals surface area contributed by atoms with Crippen molar-refractivity contribution in [3.63, 3.8) is 0 Å². The van der Waals surface area contributed by atoms with Crippen molar-refractivity contribution in [3.05, 3.63) is 89.9 Å². The summed E-state index contributed by atoms with van der Waals surface area (Å²) >= 11 is 0. The molecule has 2 heterocycles. The quantitative estimate of drug-likeness (QED) is 0.623. The van der Waals surface area contributed by atoms with Crippen LogP contribution < -0.4 is 0 Å². The maximum atomic E-state index is 9.47. The minimum Gasteiger partial charge on any atom is -0.508 e. The van der Waals surface area contributed by atoms with Gasteiger partial charge in [0.15, 0.2) is 5.65 Å². The van der Waals surface area contributed by atoms with Crippen LogP contribution in [0.4, 0.5) is 0 Å². The first-order valence-electron chi connectivity index (χ1n) is 7.91. The second-order valence-electron chi connectivity index (χ2n) is 5.79. The fourth-order valence-corrected chi connectivity index (χ4v) is 2.87. The number of nitrogens with zero attached hydrogens (tertiary/aromatic N) is 3. The predicted octanol–water partition coefficient (Wildman–Crippen LogP) is 3.78. The van der Waals surface area contributed by atoms with Crippen molar-refractivity contribution < 1.29 is 5.11 Å². The van der Waals surface area contributed by atoms with Crippen LogP contribution in [-0.4, -0.2) is 19.6 Å². The highest BCUT2D eigenvalue weighted by atomic mass is 16.3. The average Bonchev–Trinajstić information content (AvgIpc) is 2.95. The van der Waals surface area contributed by atoms with E-state index in [1.54, 1.807) is 18.3 Å². The molecule has 0 aliphatic heterocycles. The molecule has 4 aromatic rings. The van der Waals surface area contributed by atoms with Crippen LogP contribution in [0.15, 0.2) is 72.9 Å². The average molecular weight is 315 g/mol. The Morgan fingerprint density at radius 2 is 1.62 bits per heavy atom. The molecule has 2 aromatic carbocycles. The molecular formula is C20H17N3O. The van der Waals surface area contributed by atoms with E-state index >= 15 is 0 Å². The van der Waals surface area contributed by atoms with E-state index in [1.165, 1.54) is 5.56 Å². The zero-order valence-corrected chi connectivity index (χ0v) is 13.1. The van der Waals surface area contributed by atoms with Crippen molar-refractivity contribution in [1.82, 2.24) is 14.5 Å². The van der Waals surface area contributed by atoms with Gasteiger partial charge in [-0.05, 0) is 35.4 Å². The number of hydrogen-bond acceptors (Lipinski definition) is 3. The van der Waals surface area contributed by atoms with Crippen LogP contribution in [0, 0.1) is 0 Å². The lowest BCUT2D eigenvalue weighted by molar-refractivity contribution is 0.475. The van der Waals surface area contributed by atoms with Gasteiger partial charge in [0.25, 0.3) is 0 Å². The van der Waals surface area contributed by atoms with Crippen molar-refractivity contribution in [3.8, 4) is 5.75 Å². The number of hydrogen-bond donors (Lipinski definition) is 1. The minimum atomic E-state index is 0.275. The fourth-order valence-electron chi connectivity index (χ4n) is 2.87. The maximum Gasteiger partial charge on any atom is 0.160 e. The van der Waals surface area contributed by atoms with E-state index in [-0.39, 0.29) is 5.75 Å². The molecule has 0 unspecified atom stereocenters. The summed E-state index contributed by atoms with van der Waals surface area (Å²) in [5.74, 6) is 1.26. The molecule has 0 radical (unpaired) electrons. The Hall–Kier alpha value is -3.14. The topological polar surface area (TPSA) is 50.9 Å². The number of fused-ring (bicyclic) bond motifs is 1. The summed E-state index contributed by atoms with van der Waals surface area (Å²) in [5, 5.41) is 9.47. The molecule has 24 heavy (non-hydrogen) atoms. The number of rotatable bonds is 4. The van der Waals surface area contributed by atoms with Gasteiger partial charge in [-0.15, -0.1) is 0 Å². The van der Waals surface area contributed by atoms with Gasteiger partial charge in [0.1, 0.15) is 17.1 Å². The highest BCUT2D eigenvalue weighted by Gasteiger charge is 2.12. The second kappa shape index (κ2) is 6.16. The van der Waals surface area contributed by atoms with E-state index in [9.17, 15) is 5.11 Å². The Balaban J connectivity index is 1.76. The van der Waals surface area contributed by atoms with Gasteiger partial charge in [-0.1, -0.05) is 42.5 Å². The monoisotopic (exact) mass is 315 g/mol. The van der Waals surface area contributed by atoms with Crippen molar-refractivity contribution in [2.24, 2.45) is 0 Å². The van der Waals surface area contributed by atoms with Gasteiger partial charge in [0.05, 0.1) is 6.54 Å². The van der Waals surface area contributed by atoms with Crippen LogP contribution in [0.25, 0.3) is 11.2 Å². The molecule has 0 amide bonds. The van der Waals surface area contributed by atoms with E-state index in [1.807, 2.05) is 42.5 Å². The molecule has 0 saturated heterocycles. The lowest BCUT2D eigenvalue weighted by Crippen LogP contribution is -2.06. The summed E-state index contributed by atoms with van der Waals surface area (Å²) in [5.41, 5.74) is 4.12. The normalized spacial score (nSPS) is 11.0. The van der Waals surface area contributed by atoms with E-state index in [0.717, 1.165) is 29.0 Å². The number of aromatic hydroxyl groups is 1. The molecule has 0 aliphatic carbocycles. The summed E-state index contributed by atoms with van der Waals surface area (Å²) in [7, 11) is 0. The molecule has 4 nitrogen and oxygen atoms in total. The molecule has 2 aromatic heterocycles. The zero-order valence-electron chi connectivity index (χ0n) is 13.1. The van der Waals surface area contributed by atoms with Gasteiger partial charge in [0.2, 0.25) is 0 Å². The number of imidazole rings is 1. The number of aromatic nitrogens is 3. The first kappa shape index (κ1) is 14.5. The van der Waals surface area contributed by atoms with Crippen LogP contribution in [0.3, 0.4) is 0 Å². The van der Waals surface area contributed by atoms with Crippen LogP contribution in [-0.2, 0) is 13.0 Å². The van der Waals surface area contributed by atoms with Crippen molar-refractivity contribution in [1.29, 1.82) is 0 Å². The highest BCUT2D eigenvalue weighted by Crippen LogP contribution is 2.19. The zero-order chi connectivity index (χ0) is 16.4. The Morgan fingerprint density at radius 1 is 0.833 bits per heavy atom. The molecule has 0 spiro atoms. The lowest BCUT2D eigenvalue weighted by Gasteiger charge is -2.09. The van der Waals surface area contributed by atoms with Gasteiger partial charge < -0.3 is 9.67 Å². The summed E-state index contributed by atoms with van der Waals surface area (Å²) in [4.78, 5) is 9.28. The summed E-state index contributed by atoms with van der Waals surface area (Å²) < 4.78 is 2.15. The van der Waals surface area contributed by atoms with Gasteiger partial charge >= 0.3 is 0 Å². The van der Waals surface area contributed by atoms with Crippen molar-refractivity contribution in [2.75, 3.05) is 0 Å². The van der Waals surface area contributed by atoms with Crippen molar-refractivity contribution >= 4 is 11.2 Å². The molecule has 1 N–H and O–H groups in total. The molecule has 0 fully saturated rings. The molecule has 118 valence electrons. The standard InChI is InChI=1S/C20H17N3O/c24-17-10-8-16(9-11-17)14-23-19(13-15-5-2-1-3-6-15)22-18-7-4-12-21-20(18)23/h1-12,24H,13-14H2. The molecule has 0 aliphatic rings. The summed E-state index contributed by atoms with van der Waals surface area (Å²) in [6.07, 6.45) is 2.55. The summed E-state index contributed by atoms with van der Waals surface area (Å²) in [6.45, 7) is 0.677. The van der Waals surface area contributed by atoms with Gasteiger partial charge in [0, 0.05) is 12.6 Å². The number of pyridine rings is 1. The largest absolute Gasteiger partial charge is 0.508 e. The summed E-state index contributed by atoms with van der Waals surface area (Å²) in [6, 6.07) is 21.5. The minimum absolute atomic E-state index is 0.275. The van der Waals surface area contributed by atoms with Gasteiger partial charge in [-0.3, -0.25) is 0 Å². The molecule has 4 heteroatoms. The molecule has 0 bridgehead atoms. The van der Waals surface area contributed by atoms with Gasteiger partial charge in [-0.25, -0.2) is 9.97 Å². The smallest absolute Gasteiger partial charge is 0.160 e. The Morgan fingerprint density at radius 3 is 2.42 bits per heavy atom. The number of phenolic OH excluding ortho intramolecular Hbond substituents is 1. The SMILES string of the molecule is Oc1ccc(Cn2c(Cc3ccccc3)nc3cccnc32)cc1. The third-order valence-corrected chi connectivity index (χ3v) is 4.06. The molecule has 0 atom stereocenters. The Labute approximate surface area is 140 Å². The number of phenols is 1. The molecule has 4 rings (SSSR count). The van der Waals surface area contributed by atoms with E-state index in [0.29, 0.717) is 6.54 Å². The molecular weight excluding hydrogens is 298 g/mol.